The van der Waals surface area contributed by atoms with E-state index >= 15 is 0 Å². The number of nitrogens with one attached hydrogen (secondary N) is 1. The Bertz CT molecular complexity index is 248. The van der Waals surface area contributed by atoms with Gasteiger partial charge in [0.2, 0.25) is 0 Å². The van der Waals surface area contributed by atoms with Gasteiger partial charge in [-0.05, 0) is 12.8 Å². The van der Waals surface area contributed by atoms with Crippen molar-refractivity contribution in [3.8, 4) is 0 Å². The van der Waals surface area contributed by atoms with Crippen molar-refractivity contribution in [2.45, 2.75) is 30.7 Å². The number of alkyl halides is 2. The first kappa shape index (κ1) is 9.82. The number of hydrogen-bond acceptors (Lipinski definition) is 3. The average Bonchev–Trinajstić information content (AvgIpc) is 1.83. The second-order valence-corrected chi connectivity index (χ2v) is 4.53. The van der Waals surface area contributed by atoms with Crippen LogP contribution in [0.1, 0.15) is 12.8 Å². The summed E-state index contributed by atoms with van der Waals surface area (Å²) in [6.07, 6.45) is 0.873. The van der Waals surface area contributed by atoms with Gasteiger partial charge < -0.3 is 5.73 Å². The molecule has 0 amide bonds. The molecule has 0 aromatic carbocycles. The maximum atomic E-state index is 11.7. The maximum absolute atomic E-state index is 11.7. The minimum Gasteiger partial charge on any atom is -0.328 e. The molecule has 1 fully saturated rings. The highest BCUT2D eigenvalue weighted by Gasteiger charge is 2.33. The van der Waals surface area contributed by atoms with E-state index in [1.54, 1.807) is 0 Å². The zero-order valence-corrected chi connectivity index (χ0v) is 7.02. The van der Waals surface area contributed by atoms with Gasteiger partial charge in [-0.3, -0.25) is 0 Å². The number of rotatable bonds is 3. The lowest BCUT2D eigenvalue weighted by Gasteiger charge is -2.32. The van der Waals surface area contributed by atoms with Crippen LogP contribution in [0.4, 0.5) is 8.78 Å². The van der Waals surface area contributed by atoms with Crippen LogP contribution >= 0.6 is 0 Å². The van der Waals surface area contributed by atoms with E-state index < -0.39 is 21.8 Å². The molecular formula is C5H10F2N2O2S. The van der Waals surface area contributed by atoms with Crippen LogP contribution in [0.3, 0.4) is 0 Å². The lowest BCUT2D eigenvalue weighted by atomic mass is 9.89. The molecule has 1 aliphatic carbocycles. The summed E-state index contributed by atoms with van der Waals surface area (Å²) in [5.41, 5.74) is 5.34. The highest BCUT2D eigenvalue weighted by molar-refractivity contribution is 7.89. The third-order valence-electron chi connectivity index (χ3n) is 1.74. The normalized spacial score (nSPS) is 30.3. The molecule has 12 heavy (non-hydrogen) atoms. The largest absolute Gasteiger partial charge is 0.350 e. The van der Waals surface area contributed by atoms with Crippen LogP contribution in [-0.2, 0) is 10.0 Å². The minimum atomic E-state index is -4.42. The predicted octanol–water partition coefficient (Wildman–Crippen LogP) is -0.382. The van der Waals surface area contributed by atoms with Crippen LogP contribution < -0.4 is 10.5 Å². The predicted molar refractivity (Wildman–Crippen MR) is 39.1 cm³/mol. The molecule has 0 spiro atoms. The molecule has 0 unspecified atom stereocenters. The first-order chi connectivity index (χ1) is 5.42. The van der Waals surface area contributed by atoms with Gasteiger partial charge in [-0.15, -0.1) is 0 Å². The second kappa shape index (κ2) is 3.23. The summed E-state index contributed by atoms with van der Waals surface area (Å²) in [4.78, 5) is 0. The Hall–Kier alpha value is -0.270. The van der Waals surface area contributed by atoms with Crippen LogP contribution in [0.5, 0.6) is 0 Å². The Kier molecular flexibility index (Phi) is 2.64. The fourth-order valence-electron chi connectivity index (χ4n) is 1.04. The summed E-state index contributed by atoms with van der Waals surface area (Å²) in [5.74, 6) is -3.35. The maximum Gasteiger partial charge on any atom is 0.350 e. The van der Waals surface area contributed by atoms with Gasteiger partial charge in [0.25, 0.3) is 10.0 Å². The topological polar surface area (TPSA) is 72.2 Å². The summed E-state index contributed by atoms with van der Waals surface area (Å²) in [6, 6.07) is -0.464. The van der Waals surface area contributed by atoms with Gasteiger partial charge >= 0.3 is 5.76 Å². The summed E-state index contributed by atoms with van der Waals surface area (Å²) in [6.45, 7) is 0. The third kappa shape index (κ3) is 2.11. The van der Waals surface area contributed by atoms with E-state index in [4.69, 9.17) is 5.73 Å². The van der Waals surface area contributed by atoms with E-state index in [1.807, 2.05) is 4.72 Å². The molecule has 1 rings (SSSR count). The molecule has 0 radical (unpaired) electrons. The van der Waals surface area contributed by atoms with Gasteiger partial charge in [0.15, 0.2) is 0 Å². The van der Waals surface area contributed by atoms with Gasteiger partial charge in [0.05, 0.1) is 0 Å². The van der Waals surface area contributed by atoms with Crippen LogP contribution in [0, 0.1) is 0 Å². The quantitative estimate of drug-likeness (QED) is 0.652. The van der Waals surface area contributed by atoms with Crippen molar-refractivity contribution in [1.29, 1.82) is 0 Å². The molecule has 0 heterocycles. The fourth-order valence-corrected chi connectivity index (χ4v) is 1.80. The number of hydrogen-bond donors (Lipinski definition) is 2. The van der Waals surface area contributed by atoms with Crippen molar-refractivity contribution in [1.82, 2.24) is 4.72 Å². The van der Waals surface area contributed by atoms with E-state index in [2.05, 4.69) is 0 Å². The van der Waals surface area contributed by atoms with Crippen molar-refractivity contribution in [3.63, 3.8) is 0 Å². The zero-order chi connectivity index (χ0) is 9.35. The molecule has 0 saturated heterocycles. The van der Waals surface area contributed by atoms with Crippen molar-refractivity contribution < 1.29 is 17.2 Å². The van der Waals surface area contributed by atoms with E-state index in [0.29, 0.717) is 12.8 Å². The number of sulfonamides is 1. The van der Waals surface area contributed by atoms with Crippen molar-refractivity contribution in [2.24, 2.45) is 5.73 Å². The Morgan fingerprint density at radius 2 is 1.92 bits per heavy atom. The third-order valence-corrected chi connectivity index (χ3v) is 2.87. The Morgan fingerprint density at radius 1 is 1.42 bits per heavy atom. The highest BCUT2D eigenvalue weighted by Crippen LogP contribution is 2.19. The second-order valence-electron chi connectivity index (χ2n) is 2.85. The van der Waals surface area contributed by atoms with Gasteiger partial charge in [-0.2, -0.15) is 8.78 Å². The standard InChI is InChI=1S/C5H10F2N2O2S/c6-5(7)12(10,11)9-4-1-3(8)2-4/h3-5,9H,1-2,8H2. The SMILES string of the molecule is NC1CC(NS(=O)(=O)C(F)F)C1. The number of nitrogens with two attached hydrogens (primary N) is 1. The first-order valence-corrected chi connectivity index (χ1v) is 5.01. The molecule has 1 aliphatic rings. The van der Waals surface area contributed by atoms with Gasteiger partial charge in [0, 0.05) is 12.1 Å². The molecule has 0 aromatic rings. The summed E-state index contributed by atoms with van der Waals surface area (Å²) >= 11 is 0. The summed E-state index contributed by atoms with van der Waals surface area (Å²) in [7, 11) is -4.42. The van der Waals surface area contributed by atoms with Gasteiger partial charge in [-0.1, -0.05) is 0 Å². The van der Waals surface area contributed by atoms with E-state index in [-0.39, 0.29) is 6.04 Å². The van der Waals surface area contributed by atoms with Gasteiger partial charge in [-0.25, -0.2) is 13.1 Å². The summed E-state index contributed by atoms with van der Waals surface area (Å²) in [5, 5.41) is 0. The van der Waals surface area contributed by atoms with Crippen LogP contribution in [0.15, 0.2) is 0 Å². The Balaban J connectivity index is 2.42. The molecule has 4 nitrogen and oxygen atoms in total. The molecule has 1 saturated carbocycles. The monoisotopic (exact) mass is 200 g/mol. The van der Waals surface area contributed by atoms with Crippen molar-refractivity contribution in [3.05, 3.63) is 0 Å². The van der Waals surface area contributed by atoms with Crippen LogP contribution in [-0.4, -0.2) is 26.3 Å². The molecule has 3 N–H and O–H groups in total. The lowest BCUT2D eigenvalue weighted by Crippen LogP contribution is -2.51. The Labute approximate surface area is 69.2 Å². The molecule has 0 aromatic heterocycles. The Morgan fingerprint density at radius 3 is 2.25 bits per heavy atom. The van der Waals surface area contributed by atoms with E-state index in [9.17, 15) is 17.2 Å². The molecule has 0 aliphatic heterocycles. The van der Waals surface area contributed by atoms with E-state index in [0.717, 1.165) is 0 Å². The van der Waals surface area contributed by atoms with Crippen LogP contribution in [0.2, 0.25) is 0 Å². The number of halogens is 2. The van der Waals surface area contributed by atoms with Crippen molar-refractivity contribution >= 4 is 10.0 Å². The van der Waals surface area contributed by atoms with Crippen molar-refractivity contribution in [2.75, 3.05) is 0 Å². The molecule has 7 heteroatoms. The van der Waals surface area contributed by atoms with Crippen LogP contribution in [0.25, 0.3) is 0 Å². The molecule has 0 bridgehead atoms. The zero-order valence-electron chi connectivity index (χ0n) is 6.20. The smallest absolute Gasteiger partial charge is 0.328 e. The lowest BCUT2D eigenvalue weighted by molar-refractivity contribution is 0.226. The summed E-state index contributed by atoms with van der Waals surface area (Å²) < 4.78 is 46.4. The van der Waals surface area contributed by atoms with Gasteiger partial charge in [0.1, 0.15) is 0 Å². The average molecular weight is 200 g/mol. The molecule has 72 valence electrons. The van der Waals surface area contributed by atoms with E-state index in [1.165, 1.54) is 0 Å². The minimum absolute atomic E-state index is 0.0598. The molecular weight excluding hydrogens is 190 g/mol. The highest BCUT2D eigenvalue weighted by atomic mass is 32.2. The fraction of sp³-hybridized carbons (Fsp3) is 1.00. The first-order valence-electron chi connectivity index (χ1n) is 3.46. The molecule has 0 atom stereocenters.